The molecule has 3 aromatic rings. The molecule has 0 radical (unpaired) electrons. The molecule has 2 N–H and O–H groups in total. The Morgan fingerprint density at radius 3 is 2.76 bits per heavy atom. The molecule has 1 fully saturated rings. The van der Waals surface area contributed by atoms with E-state index in [0.29, 0.717) is 25.1 Å². The molecule has 2 heterocycles. The predicted molar refractivity (Wildman–Crippen MR) is 146 cm³/mol. The number of aliphatic carboxylic acids is 1. The zero-order chi connectivity index (χ0) is 26.2. The molecule has 0 bridgehead atoms. The van der Waals surface area contributed by atoms with Gasteiger partial charge in [-0.1, -0.05) is 6.07 Å². The van der Waals surface area contributed by atoms with Crippen molar-refractivity contribution in [1.29, 1.82) is 0 Å². The molecule has 1 aliphatic heterocycles. The summed E-state index contributed by atoms with van der Waals surface area (Å²) in [6, 6.07) is 15.5. The summed E-state index contributed by atoms with van der Waals surface area (Å²) in [5.74, 6) is 1.45. The summed E-state index contributed by atoms with van der Waals surface area (Å²) < 4.78 is 10.6. The van der Waals surface area contributed by atoms with E-state index in [0.717, 1.165) is 53.9 Å². The van der Waals surface area contributed by atoms with Gasteiger partial charge in [-0.05, 0) is 98.5 Å². The summed E-state index contributed by atoms with van der Waals surface area (Å²) in [4.78, 5) is 20.0. The molecule has 198 valence electrons. The van der Waals surface area contributed by atoms with Gasteiger partial charge in [0.25, 0.3) is 0 Å². The highest BCUT2D eigenvalue weighted by Crippen LogP contribution is 2.34. The second-order valence-corrected chi connectivity index (χ2v) is 10.7. The molecule has 1 saturated heterocycles. The van der Waals surface area contributed by atoms with E-state index in [1.165, 1.54) is 4.90 Å². The third kappa shape index (κ3) is 7.15. The number of ether oxygens (including phenoxy) is 2. The molecule has 0 aliphatic carbocycles. The summed E-state index contributed by atoms with van der Waals surface area (Å²) >= 11 is 1.80. The largest absolute Gasteiger partial charge is 0.497 e. The van der Waals surface area contributed by atoms with Crippen molar-refractivity contribution >= 4 is 28.6 Å². The van der Waals surface area contributed by atoms with E-state index in [4.69, 9.17) is 9.47 Å². The van der Waals surface area contributed by atoms with Gasteiger partial charge in [-0.15, -0.1) is 11.8 Å². The number of pyridine rings is 1. The number of aromatic nitrogens is 1. The van der Waals surface area contributed by atoms with Crippen LogP contribution in [0.25, 0.3) is 10.9 Å². The van der Waals surface area contributed by atoms with Crippen LogP contribution in [0.2, 0.25) is 0 Å². The number of carboxylic acid groups (broad SMARTS) is 1. The molecule has 3 atom stereocenters. The first kappa shape index (κ1) is 27.2. The van der Waals surface area contributed by atoms with Crippen LogP contribution in [0.1, 0.15) is 37.4 Å². The maximum atomic E-state index is 12.1. The number of nitrogens with zero attached hydrogens (tertiary/aromatic N) is 2. The Balaban J connectivity index is 1.28. The van der Waals surface area contributed by atoms with Crippen molar-refractivity contribution < 1.29 is 24.5 Å². The summed E-state index contributed by atoms with van der Waals surface area (Å²) in [5.41, 5.74) is 1.61. The highest BCUT2D eigenvalue weighted by Gasteiger charge is 2.34. The lowest BCUT2D eigenvalue weighted by Crippen LogP contribution is -2.44. The average Bonchev–Trinajstić information content (AvgIpc) is 2.93. The number of likely N-dealkylation sites (tertiary alicyclic amines) is 1. The minimum Gasteiger partial charge on any atom is -0.497 e. The standard InChI is InChI=1S/C29H36N2O5S/c1-35-21-5-3-6-23(17-21)37-16-4-14-31-15-12-20(26(19-31)29(33)34)7-10-28(32)24-11-13-30-27-9-8-22(36-2)18-25(24)27/h3,5-6,8-9,11,13,17-18,20,26,28,32H,4,7,10,12,14-16,19H2,1-2H3,(H,33,34)/t20-,26+,28+/m1/s1. The monoisotopic (exact) mass is 524 g/mol. The molecule has 1 aromatic heterocycles. The van der Waals surface area contributed by atoms with Gasteiger partial charge in [0.15, 0.2) is 0 Å². The zero-order valence-corrected chi connectivity index (χ0v) is 22.3. The molecule has 0 spiro atoms. The molecule has 7 nitrogen and oxygen atoms in total. The molecule has 0 saturated carbocycles. The predicted octanol–water partition coefficient (Wildman–Crippen LogP) is 5.27. The SMILES string of the molecule is COc1cccc(SCCCN2CC[C@@H](CC[C@H](O)c3ccnc4ccc(OC)cc34)[C@@H](C(=O)O)C2)c1. The topological polar surface area (TPSA) is 92.1 Å². The van der Waals surface area contributed by atoms with Gasteiger partial charge in [-0.3, -0.25) is 9.78 Å². The molecule has 0 amide bonds. The minimum absolute atomic E-state index is 0.0530. The third-order valence-electron chi connectivity index (χ3n) is 7.24. The first-order chi connectivity index (χ1) is 18.0. The fourth-order valence-corrected chi connectivity index (χ4v) is 6.04. The molecular weight excluding hydrogens is 488 g/mol. The molecule has 4 rings (SSSR count). The maximum absolute atomic E-state index is 12.1. The highest BCUT2D eigenvalue weighted by atomic mass is 32.2. The van der Waals surface area contributed by atoms with E-state index in [-0.39, 0.29) is 5.92 Å². The van der Waals surface area contributed by atoms with Gasteiger partial charge in [-0.2, -0.15) is 0 Å². The first-order valence-electron chi connectivity index (χ1n) is 12.8. The number of methoxy groups -OCH3 is 2. The third-order valence-corrected chi connectivity index (χ3v) is 8.32. The fraction of sp³-hybridized carbons (Fsp3) is 0.448. The second-order valence-electron chi connectivity index (χ2n) is 9.55. The summed E-state index contributed by atoms with van der Waals surface area (Å²) in [6.07, 6.45) is 4.04. The molecule has 0 unspecified atom stereocenters. The maximum Gasteiger partial charge on any atom is 0.308 e. The lowest BCUT2D eigenvalue weighted by atomic mass is 9.81. The zero-order valence-electron chi connectivity index (χ0n) is 21.5. The van der Waals surface area contributed by atoms with Crippen molar-refractivity contribution in [2.75, 3.05) is 39.6 Å². The van der Waals surface area contributed by atoms with Crippen LogP contribution in [-0.2, 0) is 4.79 Å². The van der Waals surface area contributed by atoms with Crippen LogP contribution >= 0.6 is 11.8 Å². The number of fused-ring (bicyclic) bond motifs is 1. The number of hydrogen-bond donors (Lipinski definition) is 2. The van der Waals surface area contributed by atoms with Crippen LogP contribution in [0.15, 0.2) is 59.6 Å². The van der Waals surface area contributed by atoms with Gasteiger partial charge in [0.1, 0.15) is 11.5 Å². The number of carboxylic acids is 1. The Bertz CT molecular complexity index is 1190. The van der Waals surface area contributed by atoms with Crippen LogP contribution in [-0.4, -0.2) is 65.7 Å². The van der Waals surface area contributed by atoms with Gasteiger partial charge in [0, 0.05) is 23.0 Å². The first-order valence-corrected chi connectivity index (χ1v) is 13.8. The number of rotatable bonds is 12. The van der Waals surface area contributed by atoms with Crippen molar-refractivity contribution in [1.82, 2.24) is 9.88 Å². The molecular formula is C29H36N2O5S. The van der Waals surface area contributed by atoms with Crippen LogP contribution in [0, 0.1) is 11.8 Å². The van der Waals surface area contributed by atoms with Gasteiger partial charge in [0.05, 0.1) is 31.8 Å². The van der Waals surface area contributed by atoms with Crippen LogP contribution < -0.4 is 9.47 Å². The lowest BCUT2D eigenvalue weighted by Gasteiger charge is -2.37. The van der Waals surface area contributed by atoms with Crippen molar-refractivity contribution in [2.45, 2.75) is 36.7 Å². The number of aliphatic hydroxyl groups is 1. The number of hydrogen-bond acceptors (Lipinski definition) is 7. The quantitative estimate of drug-likeness (QED) is 0.245. The fourth-order valence-electron chi connectivity index (χ4n) is 5.16. The van der Waals surface area contributed by atoms with E-state index in [1.807, 2.05) is 42.5 Å². The number of carbonyl (C=O) groups is 1. The molecule has 8 heteroatoms. The van der Waals surface area contributed by atoms with Crippen LogP contribution in [0.5, 0.6) is 11.5 Å². The summed E-state index contributed by atoms with van der Waals surface area (Å²) in [6.45, 7) is 2.35. The second kappa shape index (κ2) is 13.1. The summed E-state index contributed by atoms with van der Waals surface area (Å²) in [7, 11) is 3.29. The molecule has 1 aliphatic rings. The smallest absolute Gasteiger partial charge is 0.308 e. The Hall–Kier alpha value is -2.81. The van der Waals surface area contributed by atoms with E-state index >= 15 is 0 Å². The average molecular weight is 525 g/mol. The number of thioether (sulfide) groups is 1. The number of piperidine rings is 1. The minimum atomic E-state index is -0.742. The Kier molecular flexibility index (Phi) is 9.66. The lowest BCUT2D eigenvalue weighted by molar-refractivity contribution is -0.146. The van der Waals surface area contributed by atoms with Gasteiger partial charge >= 0.3 is 5.97 Å². The van der Waals surface area contributed by atoms with Crippen LogP contribution in [0.4, 0.5) is 0 Å². The van der Waals surface area contributed by atoms with E-state index in [1.54, 1.807) is 32.2 Å². The number of benzene rings is 2. The van der Waals surface area contributed by atoms with Crippen molar-refractivity contribution in [3.05, 3.63) is 60.3 Å². The normalized spacial score (nSPS) is 19.0. The van der Waals surface area contributed by atoms with E-state index in [2.05, 4.69) is 16.0 Å². The number of aliphatic hydroxyl groups excluding tert-OH is 1. The highest BCUT2D eigenvalue weighted by molar-refractivity contribution is 7.99. The Labute approximate surface area is 222 Å². The van der Waals surface area contributed by atoms with Crippen molar-refractivity contribution in [3.8, 4) is 11.5 Å². The van der Waals surface area contributed by atoms with Gasteiger partial charge in [0.2, 0.25) is 0 Å². The Morgan fingerprint density at radius 1 is 1.16 bits per heavy atom. The summed E-state index contributed by atoms with van der Waals surface area (Å²) in [5, 5.41) is 21.8. The van der Waals surface area contributed by atoms with Gasteiger partial charge in [-0.25, -0.2) is 0 Å². The van der Waals surface area contributed by atoms with E-state index < -0.39 is 18.0 Å². The van der Waals surface area contributed by atoms with Crippen LogP contribution in [0.3, 0.4) is 0 Å². The molecule has 37 heavy (non-hydrogen) atoms. The van der Waals surface area contributed by atoms with Crippen molar-refractivity contribution in [3.63, 3.8) is 0 Å². The van der Waals surface area contributed by atoms with Crippen molar-refractivity contribution in [2.24, 2.45) is 11.8 Å². The molecule has 2 aromatic carbocycles. The van der Waals surface area contributed by atoms with Gasteiger partial charge < -0.3 is 24.6 Å². The Morgan fingerprint density at radius 2 is 1.97 bits per heavy atom. The van der Waals surface area contributed by atoms with E-state index in [9.17, 15) is 15.0 Å².